The monoisotopic (exact) mass is 394 g/mol. The maximum atomic E-state index is 12.3. The van der Waals surface area contributed by atoms with Gasteiger partial charge < -0.3 is 4.74 Å². The molecule has 0 saturated heterocycles. The minimum atomic E-state index is 0.129. The van der Waals surface area contributed by atoms with E-state index in [-0.39, 0.29) is 5.92 Å². The molecule has 0 rings (SSSR count). The molecule has 166 valence electrons. The van der Waals surface area contributed by atoms with Crippen LogP contribution in [0.3, 0.4) is 0 Å². The molecular weight excluding hydrogens is 344 g/mol. The minimum absolute atomic E-state index is 0.129. The van der Waals surface area contributed by atoms with Gasteiger partial charge in [-0.3, -0.25) is 4.79 Å². The molecule has 1 unspecified atom stereocenters. The third-order valence-electron chi connectivity index (χ3n) is 5.48. The number of carbonyl (C=O) groups is 1. The first kappa shape index (κ1) is 27.4. The Bertz CT molecular complexity index is 348. The number of allylic oxidation sites excluding steroid dienone is 2. The molecular formula is C26H50O2. The maximum Gasteiger partial charge on any atom is 0.138 e. The molecule has 28 heavy (non-hydrogen) atoms. The van der Waals surface area contributed by atoms with Gasteiger partial charge in [0.1, 0.15) is 5.78 Å². The lowest BCUT2D eigenvalue weighted by Gasteiger charge is -2.16. The Labute approximate surface area is 176 Å². The van der Waals surface area contributed by atoms with Gasteiger partial charge in [0.05, 0.1) is 6.61 Å². The van der Waals surface area contributed by atoms with Crippen molar-refractivity contribution in [3.8, 4) is 0 Å². The molecule has 0 spiro atoms. The number of hydrogen-bond donors (Lipinski definition) is 0. The van der Waals surface area contributed by atoms with Gasteiger partial charge in [0.25, 0.3) is 0 Å². The van der Waals surface area contributed by atoms with E-state index >= 15 is 0 Å². The zero-order valence-corrected chi connectivity index (χ0v) is 19.5. The smallest absolute Gasteiger partial charge is 0.138 e. The van der Waals surface area contributed by atoms with E-state index in [4.69, 9.17) is 4.74 Å². The quantitative estimate of drug-likeness (QED) is 0.136. The van der Waals surface area contributed by atoms with Crippen molar-refractivity contribution in [2.75, 3.05) is 13.2 Å². The fourth-order valence-corrected chi connectivity index (χ4v) is 3.58. The predicted molar refractivity (Wildman–Crippen MR) is 124 cm³/mol. The van der Waals surface area contributed by atoms with Crippen LogP contribution in [0, 0.1) is 5.92 Å². The van der Waals surface area contributed by atoms with Gasteiger partial charge in [-0.15, -0.1) is 0 Å². The number of hydrogen-bond acceptors (Lipinski definition) is 2. The molecule has 2 heteroatoms. The van der Waals surface area contributed by atoms with E-state index in [0.29, 0.717) is 18.8 Å². The Kier molecular flexibility index (Phi) is 22.1. The van der Waals surface area contributed by atoms with Gasteiger partial charge in [-0.1, -0.05) is 90.7 Å². The van der Waals surface area contributed by atoms with Gasteiger partial charge in [-0.2, -0.15) is 0 Å². The lowest BCUT2D eigenvalue weighted by Crippen LogP contribution is -2.20. The van der Waals surface area contributed by atoms with Gasteiger partial charge in [-0.05, 0) is 44.9 Å². The fourth-order valence-electron chi connectivity index (χ4n) is 3.58. The molecule has 0 amide bonds. The second-order valence-corrected chi connectivity index (χ2v) is 8.36. The van der Waals surface area contributed by atoms with Crippen molar-refractivity contribution in [2.45, 2.75) is 130 Å². The molecule has 2 nitrogen and oxygen atoms in total. The van der Waals surface area contributed by atoms with Crippen LogP contribution in [-0.2, 0) is 9.53 Å². The van der Waals surface area contributed by atoms with E-state index in [1.54, 1.807) is 0 Å². The highest BCUT2D eigenvalue weighted by Crippen LogP contribution is 2.16. The van der Waals surface area contributed by atoms with Crippen molar-refractivity contribution in [1.29, 1.82) is 0 Å². The van der Waals surface area contributed by atoms with Crippen molar-refractivity contribution in [3.63, 3.8) is 0 Å². The van der Waals surface area contributed by atoms with Crippen LogP contribution < -0.4 is 0 Å². The average molecular weight is 395 g/mol. The van der Waals surface area contributed by atoms with Crippen LogP contribution in [0.25, 0.3) is 0 Å². The average Bonchev–Trinajstić information content (AvgIpc) is 2.69. The number of rotatable bonds is 22. The highest BCUT2D eigenvalue weighted by Gasteiger charge is 2.17. The molecule has 0 aromatic carbocycles. The van der Waals surface area contributed by atoms with Crippen molar-refractivity contribution >= 4 is 5.78 Å². The third kappa shape index (κ3) is 18.7. The topological polar surface area (TPSA) is 26.3 Å². The third-order valence-corrected chi connectivity index (χ3v) is 5.48. The highest BCUT2D eigenvalue weighted by molar-refractivity contribution is 5.81. The lowest BCUT2D eigenvalue weighted by atomic mass is 9.94. The van der Waals surface area contributed by atoms with Crippen molar-refractivity contribution in [1.82, 2.24) is 0 Å². The Balaban J connectivity index is 3.71. The highest BCUT2D eigenvalue weighted by atomic mass is 16.5. The van der Waals surface area contributed by atoms with Crippen molar-refractivity contribution in [2.24, 2.45) is 5.92 Å². The number of unbranched alkanes of at least 4 members (excludes halogenated alkanes) is 11. The lowest BCUT2D eigenvalue weighted by molar-refractivity contribution is -0.125. The van der Waals surface area contributed by atoms with Gasteiger partial charge >= 0.3 is 0 Å². The Morgan fingerprint density at radius 1 is 0.714 bits per heavy atom. The second kappa shape index (κ2) is 22.7. The van der Waals surface area contributed by atoms with Gasteiger partial charge in [0, 0.05) is 18.9 Å². The van der Waals surface area contributed by atoms with E-state index in [2.05, 4.69) is 32.9 Å². The molecule has 0 radical (unpaired) electrons. The predicted octanol–water partition coefficient (Wildman–Crippen LogP) is 8.44. The summed E-state index contributed by atoms with van der Waals surface area (Å²) in [5.41, 5.74) is 0. The number of ether oxygens (including phenoxy) is 1. The van der Waals surface area contributed by atoms with E-state index in [9.17, 15) is 4.79 Å². The van der Waals surface area contributed by atoms with Crippen LogP contribution >= 0.6 is 0 Å². The molecule has 0 saturated carbocycles. The summed E-state index contributed by atoms with van der Waals surface area (Å²) < 4.78 is 5.80. The van der Waals surface area contributed by atoms with E-state index in [0.717, 1.165) is 32.3 Å². The number of carbonyl (C=O) groups excluding carboxylic acids is 1. The number of Topliss-reactive ketones (excluding diaryl/α,β-unsaturated/α-hetero) is 1. The summed E-state index contributed by atoms with van der Waals surface area (Å²) in [6.07, 6.45) is 25.3. The maximum absolute atomic E-state index is 12.3. The van der Waals surface area contributed by atoms with Crippen LogP contribution in [0.1, 0.15) is 130 Å². The molecule has 0 aliphatic heterocycles. The van der Waals surface area contributed by atoms with E-state index < -0.39 is 0 Å². The molecule has 0 aliphatic carbocycles. The fraction of sp³-hybridized carbons (Fsp3) is 0.885. The van der Waals surface area contributed by atoms with E-state index in [1.807, 2.05) is 0 Å². The Hall–Kier alpha value is -0.630. The molecule has 1 atom stereocenters. The molecule has 0 fully saturated rings. The SMILES string of the molecule is CCCCCCCC/C=C\CCCCCC(COCCCCC)C(=O)CCC. The normalized spacial score (nSPS) is 12.7. The minimum Gasteiger partial charge on any atom is -0.381 e. The summed E-state index contributed by atoms with van der Waals surface area (Å²) in [7, 11) is 0. The molecule has 0 heterocycles. The first-order chi connectivity index (χ1) is 13.8. The largest absolute Gasteiger partial charge is 0.381 e. The molecule has 0 N–H and O–H groups in total. The summed E-state index contributed by atoms with van der Waals surface area (Å²) in [5.74, 6) is 0.543. The first-order valence-electron chi connectivity index (χ1n) is 12.5. The van der Waals surface area contributed by atoms with Crippen LogP contribution in [0.5, 0.6) is 0 Å². The summed E-state index contributed by atoms with van der Waals surface area (Å²) in [4.78, 5) is 12.3. The standard InChI is InChI=1S/C26H50O2/c1-4-7-9-10-11-12-13-14-15-16-17-18-19-22-25(26(27)21-6-3)24-28-23-20-8-5-2/h14-15,25H,4-13,16-24H2,1-3H3/b15-14-. The zero-order valence-electron chi connectivity index (χ0n) is 19.5. The van der Waals surface area contributed by atoms with Crippen molar-refractivity contribution < 1.29 is 9.53 Å². The molecule has 0 aromatic rings. The van der Waals surface area contributed by atoms with Gasteiger partial charge in [0.2, 0.25) is 0 Å². The molecule has 0 aromatic heterocycles. The second-order valence-electron chi connectivity index (χ2n) is 8.36. The van der Waals surface area contributed by atoms with Crippen LogP contribution in [0.4, 0.5) is 0 Å². The Morgan fingerprint density at radius 2 is 1.29 bits per heavy atom. The van der Waals surface area contributed by atoms with Crippen LogP contribution in [0.15, 0.2) is 12.2 Å². The summed E-state index contributed by atoms with van der Waals surface area (Å²) >= 11 is 0. The van der Waals surface area contributed by atoms with Gasteiger partial charge in [-0.25, -0.2) is 0 Å². The summed E-state index contributed by atoms with van der Waals surface area (Å²) in [6, 6.07) is 0. The first-order valence-corrected chi connectivity index (χ1v) is 12.5. The van der Waals surface area contributed by atoms with Crippen LogP contribution in [0.2, 0.25) is 0 Å². The zero-order chi connectivity index (χ0) is 20.7. The van der Waals surface area contributed by atoms with E-state index in [1.165, 1.54) is 77.0 Å². The van der Waals surface area contributed by atoms with Crippen LogP contribution in [-0.4, -0.2) is 19.0 Å². The van der Waals surface area contributed by atoms with Crippen molar-refractivity contribution in [3.05, 3.63) is 12.2 Å². The summed E-state index contributed by atoms with van der Waals surface area (Å²) in [5, 5.41) is 0. The molecule has 0 aliphatic rings. The summed E-state index contributed by atoms with van der Waals surface area (Å²) in [6.45, 7) is 8.02. The number of ketones is 1. The van der Waals surface area contributed by atoms with Gasteiger partial charge in [0.15, 0.2) is 0 Å². The molecule has 0 bridgehead atoms. The Morgan fingerprint density at radius 3 is 1.93 bits per heavy atom.